The second-order valence-electron chi connectivity index (χ2n) is 8.11. The molecule has 0 fully saturated rings. The van der Waals surface area contributed by atoms with Gasteiger partial charge in [0.2, 0.25) is 0 Å². The molecule has 0 amide bonds. The third-order valence-corrected chi connectivity index (χ3v) is 9.72. The Bertz CT molecular complexity index is 937. The lowest BCUT2D eigenvalue weighted by molar-refractivity contribution is 0.478. The van der Waals surface area contributed by atoms with Gasteiger partial charge in [0.25, 0.3) is 20.0 Å². The summed E-state index contributed by atoms with van der Waals surface area (Å²) < 4.78 is 53.9. The van der Waals surface area contributed by atoms with Crippen LogP contribution in [0.2, 0.25) is 0 Å². The van der Waals surface area contributed by atoms with Crippen molar-refractivity contribution in [1.29, 1.82) is 0 Å². The fraction of sp³-hybridized carbons (Fsp3) is 0.500. The van der Waals surface area contributed by atoms with Gasteiger partial charge < -0.3 is 0 Å². The van der Waals surface area contributed by atoms with E-state index in [0.717, 1.165) is 30.4 Å². The van der Waals surface area contributed by atoms with Crippen LogP contribution in [0.5, 0.6) is 0 Å². The molecule has 0 unspecified atom stereocenters. The van der Waals surface area contributed by atoms with Gasteiger partial charge in [0.15, 0.2) is 0 Å². The fourth-order valence-electron chi connectivity index (χ4n) is 3.40. The largest absolute Gasteiger partial charge is 0.256 e. The molecule has 2 aromatic rings. The Hall–Kier alpha value is -1.70. The smallest absolute Gasteiger partial charge is 0.206 e. The van der Waals surface area contributed by atoms with E-state index in [4.69, 9.17) is 0 Å². The van der Waals surface area contributed by atoms with Crippen molar-refractivity contribution in [3.05, 3.63) is 59.7 Å². The predicted molar refractivity (Wildman–Crippen MR) is 126 cm³/mol. The predicted octanol–water partition coefficient (Wildman–Crippen LogP) is 5.82. The first-order valence-corrected chi connectivity index (χ1v) is 14.0. The first-order chi connectivity index (χ1) is 14.7. The van der Waals surface area contributed by atoms with Crippen molar-refractivity contribution in [2.24, 2.45) is 0 Å². The quantitative estimate of drug-likeness (QED) is 0.349. The van der Waals surface area contributed by atoms with E-state index in [1.54, 1.807) is 24.3 Å². The summed E-state index contributed by atoms with van der Waals surface area (Å²) in [6.45, 7) is 5.84. The highest BCUT2D eigenvalue weighted by Crippen LogP contribution is 2.26. The Morgan fingerprint density at radius 3 is 1.32 bits per heavy atom. The number of hydrogen-bond donors (Lipinski definition) is 0. The maximum absolute atomic E-state index is 13.3. The van der Waals surface area contributed by atoms with Gasteiger partial charge in [-0.3, -0.25) is 0 Å². The van der Waals surface area contributed by atoms with Gasteiger partial charge in [-0.25, -0.2) is 16.8 Å². The van der Waals surface area contributed by atoms with E-state index < -0.39 is 20.0 Å². The molecule has 172 valence electrons. The summed E-state index contributed by atoms with van der Waals surface area (Å²) in [4.78, 5) is -0.0123. The highest BCUT2D eigenvalue weighted by atomic mass is 32.3. The molecular weight excluding hydrogens is 430 g/mol. The highest BCUT2D eigenvalue weighted by molar-refractivity contribution is 8.04. The van der Waals surface area contributed by atoms with Crippen molar-refractivity contribution in [3.63, 3.8) is 0 Å². The number of rotatable bonds is 13. The zero-order valence-corrected chi connectivity index (χ0v) is 20.5. The van der Waals surface area contributed by atoms with Gasteiger partial charge in [-0.1, -0.05) is 91.0 Å². The second kappa shape index (κ2) is 11.8. The number of hydrogen-bond acceptors (Lipinski definition) is 4. The van der Waals surface area contributed by atoms with Crippen LogP contribution in [-0.2, 0) is 20.0 Å². The molecule has 0 aliphatic carbocycles. The summed E-state index contributed by atoms with van der Waals surface area (Å²) in [5.41, 5.74) is 1.82. The minimum absolute atomic E-state index is 0.00616. The molecule has 0 aliphatic rings. The summed E-state index contributed by atoms with van der Waals surface area (Å²) in [5, 5.41) is 0. The summed E-state index contributed by atoms with van der Waals surface area (Å²) in [6.07, 6.45) is 8.19. The van der Waals surface area contributed by atoms with Gasteiger partial charge >= 0.3 is 0 Å². The molecular formula is C24H35NO4S2. The number of unbranched alkanes of at least 4 members (excludes halogenated alkanes) is 7. The van der Waals surface area contributed by atoms with Gasteiger partial charge in [-0.15, -0.1) is 0 Å². The van der Waals surface area contributed by atoms with Crippen LogP contribution in [0.4, 0.5) is 0 Å². The number of nitrogens with zero attached hydrogens (tertiary/aromatic N) is 1. The molecule has 0 atom stereocenters. The molecule has 0 heterocycles. The topological polar surface area (TPSA) is 71.5 Å². The molecule has 0 radical (unpaired) electrons. The summed E-state index contributed by atoms with van der Waals surface area (Å²) in [5.74, 6) is 0. The van der Waals surface area contributed by atoms with Crippen molar-refractivity contribution in [3.8, 4) is 0 Å². The lowest BCUT2D eigenvalue weighted by Gasteiger charge is -2.22. The van der Waals surface area contributed by atoms with Crippen LogP contribution in [0.1, 0.15) is 69.4 Å². The van der Waals surface area contributed by atoms with Gasteiger partial charge in [0, 0.05) is 6.54 Å². The Morgan fingerprint density at radius 1 is 0.581 bits per heavy atom. The Labute approximate surface area is 188 Å². The molecule has 2 rings (SSSR count). The van der Waals surface area contributed by atoms with E-state index in [-0.39, 0.29) is 16.3 Å². The van der Waals surface area contributed by atoms with E-state index in [2.05, 4.69) is 6.92 Å². The molecule has 31 heavy (non-hydrogen) atoms. The van der Waals surface area contributed by atoms with Crippen LogP contribution in [-0.4, -0.2) is 27.1 Å². The van der Waals surface area contributed by atoms with Crippen molar-refractivity contribution in [2.75, 3.05) is 6.54 Å². The zero-order chi connectivity index (χ0) is 22.9. The first kappa shape index (κ1) is 25.6. The van der Waals surface area contributed by atoms with Crippen LogP contribution in [0, 0.1) is 13.8 Å². The minimum atomic E-state index is -4.19. The minimum Gasteiger partial charge on any atom is -0.206 e. The molecule has 2 aromatic carbocycles. The van der Waals surface area contributed by atoms with Gasteiger partial charge in [0.05, 0.1) is 9.79 Å². The van der Waals surface area contributed by atoms with Crippen LogP contribution < -0.4 is 0 Å². The monoisotopic (exact) mass is 465 g/mol. The average molecular weight is 466 g/mol. The van der Waals surface area contributed by atoms with E-state index in [1.807, 2.05) is 13.8 Å². The van der Waals surface area contributed by atoms with Crippen molar-refractivity contribution in [2.45, 2.75) is 81.9 Å². The molecule has 0 saturated heterocycles. The molecule has 7 heteroatoms. The van der Waals surface area contributed by atoms with Gasteiger partial charge in [-0.05, 0) is 44.5 Å². The SMILES string of the molecule is CCCCCCCCCCN(S(=O)(=O)c1ccc(C)cc1)S(=O)(=O)c1ccc(C)cc1. The van der Waals surface area contributed by atoms with Crippen molar-refractivity contribution >= 4 is 20.0 Å². The summed E-state index contributed by atoms with van der Waals surface area (Å²) in [7, 11) is -8.39. The van der Waals surface area contributed by atoms with Crippen molar-refractivity contribution < 1.29 is 16.8 Å². The fourth-order valence-corrected chi connectivity index (χ4v) is 7.12. The van der Waals surface area contributed by atoms with E-state index in [9.17, 15) is 16.8 Å². The van der Waals surface area contributed by atoms with E-state index in [0.29, 0.717) is 10.1 Å². The Morgan fingerprint density at radius 2 is 0.935 bits per heavy atom. The van der Waals surface area contributed by atoms with Crippen LogP contribution in [0.3, 0.4) is 0 Å². The standard InChI is InChI=1S/C24H35NO4S2/c1-4-5-6-7-8-9-10-11-20-25(30(26,27)23-16-12-21(2)13-17-23)31(28,29)24-18-14-22(3)15-19-24/h12-19H,4-11,20H2,1-3H3. The first-order valence-electron chi connectivity index (χ1n) is 11.1. The molecule has 0 N–H and O–H groups in total. The molecule has 0 aliphatic heterocycles. The Balaban J connectivity index is 2.21. The summed E-state index contributed by atoms with van der Waals surface area (Å²) >= 11 is 0. The van der Waals surface area contributed by atoms with Crippen LogP contribution in [0.15, 0.2) is 58.3 Å². The maximum Gasteiger partial charge on any atom is 0.256 e. The van der Waals surface area contributed by atoms with E-state index >= 15 is 0 Å². The summed E-state index contributed by atoms with van der Waals surface area (Å²) in [6, 6.07) is 12.6. The Kier molecular flexibility index (Phi) is 9.72. The molecule has 0 bridgehead atoms. The third-order valence-electron chi connectivity index (χ3n) is 5.37. The van der Waals surface area contributed by atoms with Gasteiger partial charge in [-0.2, -0.15) is 0 Å². The third kappa shape index (κ3) is 7.16. The molecule has 0 saturated carbocycles. The van der Waals surface area contributed by atoms with E-state index in [1.165, 1.54) is 49.9 Å². The highest BCUT2D eigenvalue weighted by Gasteiger charge is 2.36. The normalized spacial score (nSPS) is 12.4. The number of sulfonamides is 2. The lowest BCUT2D eigenvalue weighted by Crippen LogP contribution is -2.37. The van der Waals surface area contributed by atoms with Crippen LogP contribution >= 0.6 is 0 Å². The average Bonchev–Trinajstić information content (AvgIpc) is 2.73. The van der Waals surface area contributed by atoms with Crippen molar-refractivity contribution in [1.82, 2.24) is 3.71 Å². The molecule has 0 spiro atoms. The molecule has 5 nitrogen and oxygen atoms in total. The lowest BCUT2D eigenvalue weighted by atomic mass is 10.1. The molecule has 0 aromatic heterocycles. The zero-order valence-electron chi connectivity index (χ0n) is 18.9. The van der Waals surface area contributed by atoms with Gasteiger partial charge in [0.1, 0.15) is 0 Å². The number of aryl methyl sites for hydroxylation is 2. The number of benzene rings is 2. The second-order valence-corrected chi connectivity index (χ2v) is 12.1. The maximum atomic E-state index is 13.3. The van der Waals surface area contributed by atoms with Crippen LogP contribution in [0.25, 0.3) is 0 Å².